The number of carbonyl (C=O) groups excluding carboxylic acids is 1. The molecule has 0 saturated heterocycles. The van der Waals surface area contributed by atoms with Crippen molar-refractivity contribution < 1.29 is 4.79 Å². The zero-order valence-electron chi connectivity index (χ0n) is 11.5. The summed E-state index contributed by atoms with van der Waals surface area (Å²) in [5.41, 5.74) is 2.16. The molecule has 0 spiro atoms. The van der Waals surface area contributed by atoms with Crippen LogP contribution in [-0.2, 0) is 0 Å². The number of hydrogen-bond acceptors (Lipinski definition) is 3. The average Bonchev–Trinajstić information content (AvgIpc) is 2.34. The molecular formula is C15H20N2O. The van der Waals surface area contributed by atoms with Crippen LogP contribution in [0.4, 0.5) is 5.69 Å². The van der Waals surface area contributed by atoms with Gasteiger partial charge in [-0.25, -0.2) is 0 Å². The van der Waals surface area contributed by atoms with E-state index in [4.69, 9.17) is 5.26 Å². The van der Waals surface area contributed by atoms with Crippen LogP contribution >= 0.6 is 0 Å². The molecule has 3 nitrogen and oxygen atoms in total. The molecule has 0 aliphatic rings. The van der Waals surface area contributed by atoms with E-state index in [0.29, 0.717) is 17.0 Å². The third kappa shape index (κ3) is 3.33. The van der Waals surface area contributed by atoms with E-state index in [-0.39, 0.29) is 5.78 Å². The third-order valence-corrected chi connectivity index (χ3v) is 2.81. The van der Waals surface area contributed by atoms with Crippen molar-refractivity contribution in [1.29, 1.82) is 5.26 Å². The number of hydrogen-bond donors (Lipinski definition) is 0. The van der Waals surface area contributed by atoms with Gasteiger partial charge in [0.25, 0.3) is 0 Å². The van der Waals surface area contributed by atoms with Gasteiger partial charge in [0.05, 0.1) is 11.6 Å². The summed E-state index contributed by atoms with van der Waals surface area (Å²) < 4.78 is 0. The Bertz CT molecular complexity index is 472. The van der Waals surface area contributed by atoms with E-state index in [0.717, 1.165) is 18.8 Å². The molecule has 0 unspecified atom stereocenters. The summed E-state index contributed by atoms with van der Waals surface area (Å²) in [5, 5.41) is 8.97. The Morgan fingerprint density at radius 1 is 1.44 bits per heavy atom. The van der Waals surface area contributed by atoms with Crippen molar-refractivity contribution >= 4 is 11.5 Å². The van der Waals surface area contributed by atoms with E-state index in [1.807, 2.05) is 6.07 Å². The molecule has 0 atom stereocenters. The highest BCUT2D eigenvalue weighted by atomic mass is 16.1. The van der Waals surface area contributed by atoms with Gasteiger partial charge >= 0.3 is 0 Å². The predicted molar refractivity (Wildman–Crippen MR) is 73.9 cm³/mol. The maximum Gasteiger partial charge on any atom is 0.161 e. The molecule has 96 valence electrons. The molecule has 3 heteroatoms. The van der Waals surface area contributed by atoms with E-state index < -0.39 is 0 Å². The number of anilines is 1. The molecule has 1 aromatic rings. The van der Waals surface area contributed by atoms with Crippen LogP contribution in [-0.4, -0.2) is 18.9 Å². The molecule has 0 radical (unpaired) electrons. The smallest absolute Gasteiger partial charge is 0.161 e. The van der Waals surface area contributed by atoms with Crippen LogP contribution in [0, 0.1) is 17.2 Å². The monoisotopic (exact) mass is 244 g/mol. The van der Waals surface area contributed by atoms with Crippen LogP contribution in [0.3, 0.4) is 0 Å². The molecule has 0 amide bonds. The van der Waals surface area contributed by atoms with E-state index in [1.165, 1.54) is 0 Å². The first-order valence-corrected chi connectivity index (χ1v) is 6.29. The fraction of sp³-hybridized carbons (Fsp3) is 0.467. The first-order valence-electron chi connectivity index (χ1n) is 6.29. The summed E-state index contributed by atoms with van der Waals surface area (Å²) in [6, 6.07) is 7.38. The molecule has 0 N–H and O–H groups in total. The van der Waals surface area contributed by atoms with E-state index >= 15 is 0 Å². The minimum absolute atomic E-state index is 0.0386. The highest BCUT2D eigenvalue weighted by Crippen LogP contribution is 2.23. The van der Waals surface area contributed by atoms with Gasteiger partial charge in [0.1, 0.15) is 0 Å². The Morgan fingerprint density at radius 2 is 2.11 bits per heavy atom. The van der Waals surface area contributed by atoms with Gasteiger partial charge in [-0.05, 0) is 38.0 Å². The predicted octanol–water partition coefficient (Wildman–Crippen LogP) is 3.24. The lowest BCUT2D eigenvalue weighted by Gasteiger charge is -2.27. The summed E-state index contributed by atoms with van der Waals surface area (Å²) in [6.07, 6.45) is 0. The number of Topliss-reactive ketones (excluding diaryl/α,β-unsaturated/α-hetero) is 1. The molecule has 0 saturated carbocycles. The molecule has 0 fully saturated rings. The van der Waals surface area contributed by atoms with Crippen LogP contribution in [0.15, 0.2) is 18.2 Å². The maximum atomic E-state index is 11.7. The first kappa shape index (κ1) is 14.2. The van der Waals surface area contributed by atoms with Crippen LogP contribution in [0.2, 0.25) is 0 Å². The Morgan fingerprint density at radius 3 is 2.56 bits per heavy atom. The molecule has 0 heterocycles. The molecule has 18 heavy (non-hydrogen) atoms. The second kappa shape index (κ2) is 6.20. The Hall–Kier alpha value is -1.82. The van der Waals surface area contributed by atoms with Crippen molar-refractivity contribution in [2.24, 2.45) is 5.92 Å². The van der Waals surface area contributed by atoms with Crippen molar-refractivity contribution in [3.63, 3.8) is 0 Å². The molecule has 0 aliphatic heterocycles. The van der Waals surface area contributed by atoms with Gasteiger partial charge in [-0.3, -0.25) is 4.79 Å². The number of benzene rings is 1. The molecular weight excluding hydrogens is 224 g/mol. The SMILES string of the molecule is CCN(CC(C)C)c1cc(C#N)ccc1C(C)=O. The van der Waals surface area contributed by atoms with Crippen LogP contribution < -0.4 is 4.90 Å². The minimum Gasteiger partial charge on any atom is -0.371 e. The number of nitriles is 1. The lowest BCUT2D eigenvalue weighted by atomic mass is 10.0. The van der Waals surface area contributed by atoms with Crippen LogP contribution in [0.25, 0.3) is 0 Å². The zero-order chi connectivity index (χ0) is 13.7. The van der Waals surface area contributed by atoms with Crippen LogP contribution in [0.5, 0.6) is 0 Å². The van der Waals surface area contributed by atoms with Gasteiger partial charge in [-0.2, -0.15) is 5.26 Å². The van der Waals surface area contributed by atoms with Crippen molar-refractivity contribution in [1.82, 2.24) is 0 Å². The lowest BCUT2D eigenvalue weighted by Crippen LogP contribution is -2.28. The second-order valence-electron chi connectivity index (χ2n) is 4.83. The summed E-state index contributed by atoms with van der Waals surface area (Å²) in [4.78, 5) is 13.8. The largest absolute Gasteiger partial charge is 0.371 e. The van der Waals surface area contributed by atoms with Crippen molar-refractivity contribution in [2.75, 3.05) is 18.0 Å². The number of rotatable bonds is 5. The van der Waals surface area contributed by atoms with Crippen LogP contribution in [0.1, 0.15) is 43.6 Å². The fourth-order valence-electron chi connectivity index (χ4n) is 2.00. The number of ketones is 1. The van der Waals surface area contributed by atoms with Gasteiger partial charge < -0.3 is 4.90 Å². The Labute approximate surface area is 109 Å². The summed E-state index contributed by atoms with van der Waals surface area (Å²) >= 11 is 0. The molecule has 0 aromatic heterocycles. The molecule has 1 rings (SSSR count). The maximum absolute atomic E-state index is 11.7. The lowest BCUT2D eigenvalue weighted by molar-refractivity contribution is 0.101. The van der Waals surface area contributed by atoms with Crippen molar-refractivity contribution in [3.8, 4) is 6.07 Å². The third-order valence-electron chi connectivity index (χ3n) is 2.81. The van der Waals surface area contributed by atoms with Crippen molar-refractivity contribution in [3.05, 3.63) is 29.3 Å². The van der Waals surface area contributed by atoms with Gasteiger partial charge in [0, 0.05) is 24.3 Å². The second-order valence-corrected chi connectivity index (χ2v) is 4.83. The van der Waals surface area contributed by atoms with Gasteiger partial charge in [0.15, 0.2) is 5.78 Å². The summed E-state index contributed by atoms with van der Waals surface area (Å²) in [5.74, 6) is 0.548. The average molecular weight is 244 g/mol. The molecule has 1 aromatic carbocycles. The molecule has 0 bridgehead atoms. The van der Waals surface area contributed by atoms with E-state index in [2.05, 4.69) is 31.7 Å². The van der Waals surface area contributed by atoms with E-state index in [1.54, 1.807) is 19.1 Å². The Balaban J connectivity index is 3.25. The van der Waals surface area contributed by atoms with E-state index in [9.17, 15) is 4.79 Å². The first-order chi connectivity index (χ1) is 8.49. The summed E-state index contributed by atoms with van der Waals surface area (Å²) in [7, 11) is 0. The van der Waals surface area contributed by atoms with Gasteiger partial charge in [0.2, 0.25) is 0 Å². The number of nitrogens with zero attached hydrogens (tertiary/aromatic N) is 2. The Kier molecular flexibility index (Phi) is 4.91. The molecule has 0 aliphatic carbocycles. The summed E-state index contributed by atoms with van der Waals surface area (Å²) in [6.45, 7) is 9.62. The van der Waals surface area contributed by atoms with Gasteiger partial charge in [-0.1, -0.05) is 13.8 Å². The number of carbonyl (C=O) groups is 1. The fourth-order valence-corrected chi connectivity index (χ4v) is 2.00. The zero-order valence-corrected chi connectivity index (χ0v) is 11.5. The highest BCUT2D eigenvalue weighted by Gasteiger charge is 2.14. The highest BCUT2D eigenvalue weighted by molar-refractivity contribution is 6.00. The van der Waals surface area contributed by atoms with Crippen molar-refractivity contribution in [2.45, 2.75) is 27.7 Å². The standard InChI is InChI=1S/C15H20N2O/c1-5-17(10-11(2)3)15-8-13(9-16)6-7-14(15)12(4)18/h6-8,11H,5,10H2,1-4H3. The van der Waals surface area contributed by atoms with Gasteiger partial charge in [-0.15, -0.1) is 0 Å². The topological polar surface area (TPSA) is 44.1 Å². The normalized spacial score (nSPS) is 10.2. The quantitative estimate of drug-likeness (QED) is 0.747. The minimum atomic E-state index is 0.0386.